The molecule has 1 aromatic heterocycles. The maximum absolute atomic E-state index is 5.99. The largest absolute Gasteiger partial charge is 0.486 e. The van der Waals surface area contributed by atoms with E-state index in [0.717, 1.165) is 22.5 Å². The SMILES string of the molecule is Clc1cc(Cl)cc(Nc2nc3cc4c(cc3[nH]2)OCCO4)c1. The standard InChI is InChI=1S/C15H11Cl2N3O2/c16-8-3-9(17)5-10(4-8)18-15-19-11-6-13-14(7-12(11)20-15)22-2-1-21-13/h3-7H,1-2H2,(H2,18,19,20). The number of imidazole rings is 1. The Labute approximate surface area is 136 Å². The molecule has 2 N–H and O–H groups in total. The highest BCUT2D eigenvalue weighted by atomic mass is 35.5. The Bertz CT molecular complexity index is 800. The molecule has 0 amide bonds. The number of nitrogens with zero attached hydrogens (tertiary/aromatic N) is 1. The summed E-state index contributed by atoms with van der Waals surface area (Å²) < 4.78 is 11.1. The van der Waals surface area contributed by atoms with Gasteiger partial charge in [-0.1, -0.05) is 23.2 Å². The molecule has 3 aromatic rings. The second-order valence-electron chi connectivity index (χ2n) is 4.88. The summed E-state index contributed by atoms with van der Waals surface area (Å²) in [5.41, 5.74) is 2.41. The van der Waals surface area contributed by atoms with Crippen LogP contribution in [0.25, 0.3) is 11.0 Å². The van der Waals surface area contributed by atoms with Crippen LogP contribution in [-0.2, 0) is 0 Å². The zero-order chi connectivity index (χ0) is 15.1. The molecule has 0 aliphatic carbocycles. The van der Waals surface area contributed by atoms with Gasteiger partial charge < -0.3 is 19.8 Å². The summed E-state index contributed by atoms with van der Waals surface area (Å²) in [6, 6.07) is 8.97. The molecule has 5 nitrogen and oxygen atoms in total. The molecule has 0 spiro atoms. The highest BCUT2D eigenvalue weighted by Gasteiger charge is 2.15. The Balaban J connectivity index is 1.70. The van der Waals surface area contributed by atoms with Crippen LogP contribution >= 0.6 is 23.2 Å². The smallest absolute Gasteiger partial charge is 0.205 e. The normalized spacial score (nSPS) is 13.4. The van der Waals surface area contributed by atoms with Crippen LogP contribution in [0.3, 0.4) is 0 Å². The first-order valence-electron chi connectivity index (χ1n) is 6.70. The molecule has 0 bridgehead atoms. The van der Waals surface area contributed by atoms with Crippen molar-refractivity contribution >= 4 is 45.9 Å². The summed E-state index contributed by atoms with van der Waals surface area (Å²) in [6.07, 6.45) is 0. The molecule has 1 aliphatic rings. The van der Waals surface area contributed by atoms with Crippen LogP contribution in [0.1, 0.15) is 0 Å². The number of ether oxygens (including phenoxy) is 2. The zero-order valence-corrected chi connectivity index (χ0v) is 12.8. The fourth-order valence-electron chi connectivity index (χ4n) is 2.37. The third-order valence-electron chi connectivity index (χ3n) is 3.27. The van der Waals surface area contributed by atoms with Gasteiger partial charge in [-0.3, -0.25) is 0 Å². The number of hydrogen-bond acceptors (Lipinski definition) is 4. The van der Waals surface area contributed by atoms with Gasteiger partial charge in [0.25, 0.3) is 0 Å². The molecule has 0 radical (unpaired) electrons. The van der Waals surface area contributed by atoms with E-state index in [1.165, 1.54) is 0 Å². The summed E-state index contributed by atoms with van der Waals surface area (Å²) in [5, 5.41) is 4.27. The molecule has 0 saturated heterocycles. The van der Waals surface area contributed by atoms with Crippen molar-refractivity contribution in [1.29, 1.82) is 0 Å². The van der Waals surface area contributed by atoms with Gasteiger partial charge in [0.1, 0.15) is 13.2 Å². The average Bonchev–Trinajstić information content (AvgIpc) is 2.84. The number of aromatic nitrogens is 2. The first-order valence-corrected chi connectivity index (χ1v) is 7.45. The first kappa shape index (κ1) is 13.5. The van der Waals surface area contributed by atoms with Crippen LogP contribution in [0.4, 0.5) is 11.6 Å². The summed E-state index contributed by atoms with van der Waals surface area (Å²) in [6.45, 7) is 1.10. The second kappa shape index (κ2) is 5.26. The fourth-order valence-corrected chi connectivity index (χ4v) is 2.89. The molecule has 0 fully saturated rings. The van der Waals surface area contributed by atoms with E-state index in [9.17, 15) is 0 Å². The summed E-state index contributed by atoms with van der Waals surface area (Å²) in [7, 11) is 0. The number of halogens is 2. The highest BCUT2D eigenvalue weighted by molar-refractivity contribution is 6.35. The van der Waals surface area contributed by atoms with Crippen LogP contribution in [0.2, 0.25) is 10.0 Å². The second-order valence-corrected chi connectivity index (χ2v) is 5.75. The molecule has 0 saturated carbocycles. The maximum atomic E-state index is 5.99. The molecule has 112 valence electrons. The number of nitrogens with one attached hydrogen (secondary N) is 2. The summed E-state index contributed by atoms with van der Waals surface area (Å²) in [5.74, 6) is 2.03. The Hall–Kier alpha value is -2.11. The van der Waals surface area contributed by atoms with E-state index in [0.29, 0.717) is 35.0 Å². The van der Waals surface area contributed by atoms with Crippen LogP contribution in [0.5, 0.6) is 11.5 Å². The van der Waals surface area contributed by atoms with E-state index < -0.39 is 0 Å². The van der Waals surface area contributed by atoms with Gasteiger partial charge in [0, 0.05) is 27.9 Å². The average molecular weight is 336 g/mol. The van der Waals surface area contributed by atoms with Gasteiger partial charge in [-0.2, -0.15) is 0 Å². The summed E-state index contributed by atoms with van der Waals surface area (Å²) >= 11 is 12.0. The van der Waals surface area contributed by atoms with E-state index >= 15 is 0 Å². The van der Waals surface area contributed by atoms with Crippen molar-refractivity contribution in [1.82, 2.24) is 9.97 Å². The van der Waals surface area contributed by atoms with Gasteiger partial charge in [0.2, 0.25) is 5.95 Å². The lowest BCUT2D eigenvalue weighted by atomic mass is 10.2. The molecular formula is C15H11Cl2N3O2. The number of rotatable bonds is 2. The minimum Gasteiger partial charge on any atom is -0.486 e. The van der Waals surface area contributed by atoms with E-state index in [4.69, 9.17) is 32.7 Å². The lowest BCUT2D eigenvalue weighted by Gasteiger charge is -2.17. The van der Waals surface area contributed by atoms with Crippen molar-refractivity contribution in [2.75, 3.05) is 18.5 Å². The first-order chi connectivity index (χ1) is 10.7. The van der Waals surface area contributed by atoms with Crippen LogP contribution in [0.15, 0.2) is 30.3 Å². The van der Waals surface area contributed by atoms with Crippen molar-refractivity contribution in [2.24, 2.45) is 0 Å². The predicted molar refractivity (Wildman–Crippen MR) is 86.8 cm³/mol. The lowest BCUT2D eigenvalue weighted by Crippen LogP contribution is -2.15. The van der Waals surface area contributed by atoms with Crippen LogP contribution in [-0.4, -0.2) is 23.2 Å². The number of fused-ring (bicyclic) bond motifs is 2. The minimum absolute atomic E-state index is 0.551. The van der Waals surface area contributed by atoms with Gasteiger partial charge in [0.15, 0.2) is 11.5 Å². The fraction of sp³-hybridized carbons (Fsp3) is 0.133. The van der Waals surface area contributed by atoms with Crippen molar-refractivity contribution in [2.45, 2.75) is 0 Å². The van der Waals surface area contributed by atoms with Gasteiger partial charge in [-0.05, 0) is 18.2 Å². The number of hydrogen-bond donors (Lipinski definition) is 2. The third-order valence-corrected chi connectivity index (χ3v) is 3.71. The molecular weight excluding hydrogens is 325 g/mol. The van der Waals surface area contributed by atoms with Crippen molar-refractivity contribution in [3.05, 3.63) is 40.4 Å². The van der Waals surface area contributed by atoms with Crippen LogP contribution in [0, 0.1) is 0 Å². The lowest BCUT2D eigenvalue weighted by molar-refractivity contribution is 0.172. The molecule has 0 unspecified atom stereocenters. The third kappa shape index (κ3) is 2.53. The molecule has 7 heteroatoms. The Kier molecular flexibility index (Phi) is 3.24. The van der Waals surface area contributed by atoms with Gasteiger partial charge in [0.05, 0.1) is 11.0 Å². The van der Waals surface area contributed by atoms with Crippen molar-refractivity contribution < 1.29 is 9.47 Å². The van der Waals surface area contributed by atoms with Gasteiger partial charge >= 0.3 is 0 Å². The molecule has 0 atom stereocenters. The topological polar surface area (TPSA) is 59.2 Å². The number of H-pyrrole nitrogens is 1. The molecule has 2 aromatic carbocycles. The monoisotopic (exact) mass is 335 g/mol. The summed E-state index contributed by atoms with van der Waals surface area (Å²) in [4.78, 5) is 7.68. The number of aromatic amines is 1. The zero-order valence-electron chi connectivity index (χ0n) is 11.3. The Morgan fingerprint density at radius 2 is 1.64 bits per heavy atom. The number of benzene rings is 2. The van der Waals surface area contributed by atoms with Crippen molar-refractivity contribution in [3.63, 3.8) is 0 Å². The van der Waals surface area contributed by atoms with E-state index in [2.05, 4.69) is 15.3 Å². The molecule has 22 heavy (non-hydrogen) atoms. The van der Waals surface area contributed by atoms with Gasteiger partial charge in [-0.15, -0.1) is 0 Å². The van der Waals surface area contributed by atoms with Crippen molar-refractivity contribution in [3.8, 4) is 11.5 Å². The molecule has 1 aliphatic heterocycles. The van der Waals surface area contributed by atoms with E-state index in [-0.39, 0.29) is 0 Å². The molecule has 4 rings (SSSR count). The molecule has 2 heterocycles. The Morgan fingerprint density at radius 1 is 0.955 bits per heavy atom. The van der Waals surface area contributed by atoms with E-state index in [1.807, 2.05) is 12.1 Å². The predicted octanol–water partition coefficient (Wildman–Crippen LogP) is 4.38. The Morgan fingerprint density at radius 3 is 2.36 bits per heavy atom. The maximum Gasteiger partial charge on any atom is 0.205 e. The highest BCUT2D eigenvalue weighted by Crippen LogP contribution is 2.34. The van der Waals surface area contributed by atoms with Crippen LogP contribution < -0.4 is 14.8 Å². The van der Waals surface area contributed by atoms with E-state index in [1.54, 1.807) is 18.2 Å². The minimum atomic E-state index is 0.551. The quantitative estimate of drug-likeness (QED) is 0.729. The van der Waals surface area contributed by atoms with Gasteiger partial charge in [-0.25, -0.2) is 4.98 Å². The number of anilines is 2.